The minimum atomic E-state index is -3.56. The van der Waals surface area contributed by atoms with Gasteiger partial charge in [-0.1, -0.05) is 0 Å². The van der Waals surface area contributed by atoms with E-state index in [9.17, 15) is 12.8 Å². The number of nitrogens with one attached hydrogen (secondary N) is 2. The summed E-state index contributed by atoms with van der Waals surface area (Å²) >= 11 is 0. The van der Waals surface area contributed by atoms with Crippen LogP contribution in [0.5, 0.6) is 0 Å². The summed E-state index contributed by atoms with van der Waals surface area (Å²) in [5, 5.41) is 3.14. The second-order valence-electron chi connectivity index (χ2n) is 4.58. The molecule has 0 radical (unpaired) electrons. The molecule has 0 amide bonds. The van der Waals surface area contributed by atoms with Gasteiger partial charge in [-0.15, -0.1) is 12.4 Å². The van der Waals surface area contributed by atoms with Crippen LogP contribution in [0.25, 0.3) is 0 Å². The van der Waals surface area contributed by atoms with Crippen molar-refractivity contribution in [2.24, 2.45) is 0 Å². The van der Waals surface area contributed by atoms with E-state index >= 15 is 0 Å². The standard InChI is InChI=1S/C12H17FN2O2S.ClH/c1-9-7-11(4-5-12(9)13)18(16,17)15-10-3-2-6-14-8-10;/h4-5,7,10,14-15H,2-3,6,8H2,1H3;1H. The summed E-state index contributed by atoms with van der Waals surface area (Å²) in [7, 11) is -3.56. The molecule has 2 rings (SSSR count). The van der Waals surface area contributed by atoms with Gasteiger partial charge in [-0.2, -0.15) is 0 Å². The summed E-state index contributed by atoms with van der Waals surface area (Å²) in [6.07, 6.45) is 1.78. The molecule has 1 aliphatic heterocycles. The van der Waals surface area contributed by atoms with Crippen LogP contribution >= 0.6 is 12.4 Å². The maximum absolute atomic E-state index is 13.1. The molecule has 0 aromatic heterocycles. The van der Waals surface area contributed by atoms with Crippen LogP contribution in [0.1, 0.15) is 18.4 Å². The summed E-state index contributed by atoms with van der Waals surface area (Å²) in [6.45, 7) is 3.11. The minimum Gasteiger partial charge on any atom is -0.315 e. The number of hydrogen-bond donors (Lipinski definition) is 2. The topological polar surface area (TPSA) is 58.2 Å². The molecule has 0 aliphatic carbocycles. The number of rotatable bonds is 3. The fourth-order valence-corrected chi connectivity index (χ4v) is 3.38. The zero-order valence-corrected chi connectivity index (χ0v) is 12.3. The molecular weight excluding hydrogens is 291 g/mol. The third-order valence-electron chi connectivity index (χ3n) is 3.06. The van der Waals surface area contributed by atoms with E-state index in [1.165, 1.54) is 18.2 Å². The molecule has 0 bridgehead atoms. The van der Waals surface area contributed by atoms with Crippen molar-refractivity contribution in [2.75, 3.05) is 13.1 Å². The highest BCUT2D eigenvalue weighted by molar-refractivity contribution is 7.89. The maximum Gasteiger partial charge on any atom is 0.240 e. The summed E-state index contributed by atoms with van der Waals surface area (Å²) in [6, 6.07) is 3.74. The Kier molecular flexibility index (Phi) is 5.73. The molecule has 1 saturated heterocycles. The number of halogens is 2. The van der Waals surface area contributed by atoms with Crippen molar-refractivity contribution in [3.63, 3.8) is 0 Å². The Balaban J connectivity index is 0.00000180. The third-order valence-corrected chi connectivity index (χ3v) is 4.58. The fourth-order valence-electron chi connectivity index (χ4n) is 2.02. The number of aryl methyl sites for hydroxylation is 1. The molecule has 1 aromatic carbocycles. The van der Waals surface area contributed by atoms with Crippen LogP contribution in [-0.2, 0) is 10.0 Å². The van der Waals surface area contributed by atoms with Crippen molar-refractivity contribution in [2.45, 2.75) is 30.7 Å². The van der Waals surface area contributed by atoms with Crippen LogP contribution in [0.3, 0.4) is 0 Å². The van der Waals surface area contributed by atoms with Crippen LogP contribution < -0.4 is 10.0 Å². The number of hydrogen-bond acceptors (Lipinski definition) is 3. The molecule has 1 fully saturated rings. The lowest BCUT2D eigenvalue weighted by Gasteiger charge is -2.23. The van der Waals surface area contributed by atoms with E-state index in [1.807, 2.05) is 0 Å². The average Bonchev–Trinajstić information content (AvgIpc) is 2.33. The summed E-state index contributed by atoms with van der Waals surface area (Å²) < 4.78 is 40.0. The predicted molar refractivity (Wildman–Crippen MR) is 74.6 cm³/mol. The van der Waals surface area contributed by atoms with Crippen molar-refractivity contribution in [3.05, 3.63) is 29.6 Å². The maximum atomic E-state index is 13.1. The number of piperidine rings is 1. The van der Waals surface area contributed by atoms with Gasteiger partial charge >= 0.3 is 0 Å². The van der Waals surface area contributed by atoms with E-state index in [4.69, 9.17) is 0 Å². The Labute approximate surface area is 119 Å². The van der Waals surface area contributed by atoms with Crippen LogP contribution in [0.15, 0.2) is 23.1 Å². The van der Waals surface area contributed by atoms with Crippen molar-refractivity contribution in [3.8, 4) is 0 Å². The molecular formula is C12H18ClFN2O2S. The van der Waals surface area contributed by atoms with Crippen molar-refractivity contribution in [1.29, 1.82) is 0 Å². The molecule has 0 saturated carbocycles. The Hall–Kier alpha value is -0.690. The first-order valence-corrected chi connectivity index (χ1v) is 7.46. The van der Waals surface area contributed by atoms with Gasteiger partial charge in [0.15, 0.2) is 0 Å². The Morgan fingerprint density at radius 1 is 1.42 bits per heavy atom. The predicted octanol–water partition coefficient (Wildman–Crippen LogP) is 1.59. The third kappa shape index (κ3) is 4.14. The van der Waals surface area contributed by atoms with Gasteiger partial charge in [0.1, 0.15) is 5.82 Å². The Bertz CT molecular complexity index is 531. The molecule has 19 heavy (non-hydrogen) atoms. The van der Waals surface area contributed by atoms with E-state index in [0.29, 0.717) is 12.1 Å². The van der Waals surface area contributed by atoms with Crippen LogP contribution in [0.4, 0.5) is 4.39 Å². The molecule has 1 unspecified atom stereocenters. The lowest BCUT2D eigenvalue weighted by molar-refractivity contribution is 0.428. The largest absolute Gasteiger partial charge is 0.315 e. The monoisotopic (exact) mass is 308 g/mol. The first kappa shape index (κ1) is 16.4. The van der Waals surface area contributed by atoms with Gasteiger partial charge < -0.3 is 5.32 Å². The first-order valence-electron chi connectivity index (χ1n) is 5.98. The highest BCUT2D eigenvalue weighted by atomic mass is 35.5. The molecule has 1 aliphatic rings. The average molecular weight is 309 g/mol. The smallest absolute Gasteiger partial charge is 0.240 e. The molecule has 1 aromatic rings. The van der Waals surface area contributed by atoms with Crippen molar-refractivity contribution in [1.82, 2.24) is 10.0 Å². The summed E-state index contributed by atoms with van der Waals surface area (Å²) in [4.78, 5) is 0.118. The highest BCUT2D eigenvalue weighted by Crippen LogP contribution is 2.15. The zero-order valence-electron chi connectivity index (χ0n) is 10.6. The Morgan fingerprint density at radius 3 is 2.74 bits per heavy atom. The Morgan fingerprint density at radius 2 is 2.16 bits per heavy atom. The lowest BCUT2D eigenvalue weighted by Crippen LogP contribution is -2.45. The van der Waals surface area contributed by atoms with E-state index in [1.54, 1.807) is 6.92 Å². The van der Waals surface area contributed by atoms with Gasteiger partial charge in [-0.3, -0.25) is 0 Å². The fraction of sp³-hybridized carbons (Fsp3) is 0.500. The minimum absolute atomic E-state index is 0. The van der Waals surface area contributed by atoms with E-state index in [0.717, 1.165) is 19.4 Å². The quantitative estimate of drug-likeness (QED) is 0.891. The number of benzene rings is 1. The molecule has 1 heterocycles. The van der Waals surface area contributed by atoms with Gasteiger partial charge in [0.25, 0.3) is 0 Å². The molecule has 0 spiro atoms. The second-order valence-corrected chi connectivity index (χ2v) is 6.29. The first-order chi connectivity index (χ1) is 8.49. The second kappa shape index (κ2) is 6.65. The molecule has 7 heteroatoms. The van der Waals surface area contributed by atoms with E-state index < -0.39 is 15.8 Å². The molecule has 108 valence electrons. The van der Waals surface area contributed by atoms with Crippen LogP contribution in [0.2, 0.25) is 0 Å². The van der Waals surface area contributed by atoms with Gasteiger partial charge in [-0.05, 0) is 50.1 Å². The summed E-state index contributed by atoms with van der Waals surface area (Å²) in [5.74, 6) is -0.395. The van der Waals surface area contributed by atoms with Crippen molar-refractivity contribution >= 4 is 22.4 Å². The lowest BCUT2D eigenvalue weighted by atomic mass is 10.1. The molecule has 2 N–H and O–H groups in total. The van der Waals surface area contributed by atoms with Crippen LogP contribution in [-0.4, -0.2) is 27.5 Å². The van der Waals surface area contributed by atoms with Crippen molar-refractivity contribution < 1.29 is 12.8 Å². The highest BCUT2D eigenvalue weighted by Gasteiger charge is 2.22. The van der Waals surface area contributed by atoms with Gasteiger partial charge in [0.2, 0.25) is 10.0 Å². The van der Waals surface area contributed by atoms with E-state index in [2.05, 4.69) is 10.0 Å². The molecule has 4 nitrogen and oxygen atoms in total. The van der Waals surface area contributed by atoms with Crippen LogP contribution in [0, 0.1) is 12.7 Å². The molecule has 1 atom stereocenters. The SMILES string of the molecule is Cc1cc(S(=O)(=O)NC2CCCNC2)ccc1F.Cl. The zero-order chi connectivity index (χ0) is 13.2. The van der Waals surface area contributed by atoms with Gasteiger partial charge in [-0.25, -0.2) is 17.5 Å². The van der Waals surface area contributed by atoms with Gasteiger partial charge in [0.05, 0.1) is 4.90 Å². The normalized spacial score (nSPS) is 19.8. The number of sulfonamides is 1. The van der Waals surface area contributed by atoms with E-state index in [-0.39, 0.29) is 23.3 Å². The van der Waals surface area contributed by atoms with Gasteiger partial charge in [0, 0.05) is 12.6 Å². The summed E-state index contributed by atoms with van der Waals surface area (Å²) in [5.41, 5.74) is 0.333.